The minimum absolute atomic E-state index is 0.00937. The number of aliphatic hydroxyl groups excluding tert-OH is 2. The van der Waals surface area contributed by atoms with Crippen molar-refractivity contribution in [3.05, 3.63) is 34.9 Å². The summed E-state index contributed by atoms with van der Waals surface area (Å²) in [7, 11) is 0. The van der Waals surface area contributed by atoms with Gasteiger partial charge >= 0.3 is 11.9 Å². The van der Waals surface area contributed by atoms with Gasteiger partial charge in [-0.1, -0.05) is 37.6 Å². The fourth-order valence-electron chi connectivity index (χ4n) is 7.17. The molecule has 2 heterocycles. The van der Waals surface area contributed by atoms with Crippen LogP contribution >= 0.6 is 11.6 Å². The molecule has 1 aromatic carbocycles. The average Bonchev–Trinajstić information content (AvgIpc) is 3.20. The van der Waals surface area contributed by atoms with Gasteiger partial charge in [0.2, 0.25) is 5.60 Å². The largest absolute Gasteiger partial charge is 0.456 e. The van der Waals surface area contributed by atoms with E-state index in [4.69, 9.17) is 25.8 Å². The molecule has 2 saturated carbocycles. The Labute approximate surface area is 196 Å². The van der Waals surface area contributed by atoms with Gasteiger partial charge in [-0.3, -0.25) is 4.79 Å². The molecule has 2 aliphatic carbocycles. The molecule has 1 unspecified atom stereocenters. The molecule has 3 N–H and O–H groups in total. The Balaban J connectivity index is 1.51. The molecule has 180 valence electrons. The van der Waals surface area contributed by atoms with Crippen LogP contribution in [0.25, 0.3) is 0 Å². The number of hydrogen-bond acceptors (Lipinski definition) is 8. The third kappa shape index (κ3) is 2.73. The summed E-state index contributed by atoms with van der Waals surface area (Å²) in [4.78, 5) is 25.8. The Kier molecular flexibility index (Phi) is 5.16. The highest BCUT2D eigenvalue weighted by Crippen LogP contribution is 2.73. The summed E-state index contributed by atoms with van der Waals surface area (Å²) in [5.41, 5.74) is -4.98. The third-order valence-corrected chi connectivity index (χ3v) is 9.30. The first-order chi connectivity index (χ1) is 15.5. The summed E-state index contributed by atoms with van der Waals surface area (Å²) >= 11 is 5.92. The van der Waals surface area contributed by atoms with Gasteiger partial charge in [0, 0.05) is 23.3 Å². The Hall–Kier alpha value is -1.71. The fourth-order valence-corrected chi connectivity index (χ4v) is 7.30. The molecule has 0 radical (unpaired) electrons. The second kappa shape index (κ2) is 7.39. The SMILES string of the molecule is C[C@@H]1CC[C@@]2(O)[C@@]13C[C@@H](OC(=O)[C@@H]3O)[C@@]1(OC(=O)CCc3ccc(Cl)cc3)C(O)OC[C@@]21C. The lowest BCUT2D eigenvalue weighted by molar-refractivity contribution is -0.344. The van der Waals surface area contributed by atoms with E-state index in [2.05, 4.69) is 0 Å². The van der Waals surface area contributed by atoms with Gasteiger partial charge < -0.3 is 29.5 Å². The van der Waals surface area contributed by atoms with Crippen molar-refractivity contribution in [3.63, 3.8) is 0 Å². The van der Waals surface area contributed by atoms with E-state index in [0.717, 1.165) is 5.56 Å². The lowest BCUT2D eigenvalue weighted by atomic mass is 9.44. The Morgan fingerprint density at radius 1 is 1.27 bits per heavy atom. The number of aliphatic hydroxyl groups is 3. The van der Waals surface area contributed by atoms with Crippen molar-refractivity contribution in [3.8, 4) is 0 Å². The van der Waals surface area contributed by atoms with E-state index in [1.807, 2.05) is 19.1 Å². The lowest BCUT2D eigenvalue weighted by Gasteiger charge is -2.66. The van der Waals surface area contributed by atoms with Crippen molar-refractivity contribution in [2.75, 3.05) is 6.61 Å². The number of carbonyl (C=O) groups excluding carboxylic acids is 2. The van der Waals surface area contributed by atoms with E-state index in [9.17, 15) is 24.9 Å². The molecule has 0 amide bonds. The Morgan fingerprint density at radius 2 is 1.97 bits per heavy atom. The summed E-state index contributed by atoms with van der Waals surface area (Å²) in [5, 5.41) is 34.7. The summed E-state index contributed by atoms with van der Waals surface area (Å²) in [6, 6.07) is 7.09. The van der Waals surface area contributed by atoms with Crippen LogP contribution in [0.1, 0.15) is 45.1 Å². The molecule has 4 fully saturated rings. The van der Waals surface area contributed by atoms with Crippen LogP contribution < -0.4 is 0 Å². The first-order valence-corrected chi connectivity index (χ1v) is 11.8. The number of fused-ring (bicyclic) bond motifs is 4. The Bertz CT molecular complexity index is 983. The summed E-state index contributed by atoms with van der Waals surface area (Å²) in [6.45, 7) is 3.49. The molecule has 5 rings (SSSR count). The molecule has 33 heavy (non-hydrogen) atoms. The van der Waals surface area contributed by atoms with Crippen molar-refractivity contribution in [1.82, 2.24) is 0 Å². The highest BCUT2D eigenvalue weighted by Gasteiger charge is 2.86. The summed E-state index contributed by atoms with van der Waals surface area (Å²) in [5.74, 6) is -1.66. The van der Waals surface area contributed by atoms with Crippen LogP contribution in [0, 0.1) is 16.7 Å². The van der Waals surface area contributed by atoms with E-state index in [1.54, 1.807) is 19.1 Å². The molecule has 2 bridgehead atoms. The predicted octanol–water partition coefficient (Wildman–Crippen LogP) is 1.75. The number of hydrogen-bond donors (Lipinski definition) is 3. The zero-order chi connectivity index (χ0) is 23.8. The van der Waals surface area contributed by atoms with Crippen LogP contribution in [-0.4, -0.2) is 63.6 Å². The zero-order valence-electron chi connectivity index (χ0n) is 18.6. The maximum atomic E-state index is 13.1. The van der Waals surface area contributed by atoms with E-state index in [1.165, 1.54) is 0 Å². The van der Waals surface area contributed by atoms with Crippen LogP contribution in [0.2, 0.25) is 5.02 Å². The number of carbonyl (C=O) groups is 2. The minimum Gasteiger partial charge on any atom is -0.456 e. The average molecular weight is 481 g/mol. The predicted molar refractivity (Wildman–Crippen MR) is 115 cm³/mol. The van der Waals surface area contributed by atoms with Gasteiger partial charge in [-0.2, -0.15) is 0 Å². The molecule has 1 spiro atoms. The maximum absolute atomic E-state index is 13.1. The van der Waals surface area contributed by atoms with E-state index in [0.29, 0.717) is 17.9 Å². The normalized spacial score (nSPS) is 45.8. The van der Waals surface area contributed by atoms with Crippen LogP contribution in [0.4, 0.5) is 0 Å². The van der Waals surface area contributed by atoms with Gasteiger partial charge in [-0.05, 0) is 42.9 Å². The second-order valence-electron chi connectivity index (χ2n) is 10.3. The first-order valence-electron chi connectivity index (χ1n) is 11.4. The Morgan fingerprint density at radius 3 is 2.67 bits per heavy atom. The lowest BCUT2D eigenvalue weighted by Crippen LogP contribution is -2.81. The summed E-state index contributed by atoms with van der Waals surface area (Å²) < 4.78 is 17.1. The van der Waals surface area contributed by atoms with Gasteiger partial charge in [0.15, 0.2) is 12.4 Å². The van der Waals surface area contributed by atoms with Crippen LogP contribution in [0.5, 0.6) is 0 Å². The molecule has 8 nitrogen and oxygen atoms in total. The number of aryl methyl sites for hydroxylation is 1. The van der Waals surface area contributed by atoms with Gasteiger partial charge in [0.05, 0.1) is 17.6 Å². The third-order valence-electron chi connectivity index (χ3n) is 9.05. The van der Waals surface area contributed by atoms with Gasteiger partial charge in [0.25, 0.3) is 0 Å². The topological polar surface area (TPSA) is 123 Å². The van der Waals surface area contributed by atoms with Crippen LogP contribution in [0.3, 0.4) is 0 Å². The molecular formula is C24H29ClO8. The molecule has 0 aromatic heterocycles. The number of rotatable bonds is 4. The zero-order valence-corrected chi connectivity index (χ0v) is 19.4. The maximum Gasteiger partial charge on any atom is 0.336 e. The van der Waals surface area contributed by atoms with Crippen molar-refractivity contribution in [2.45, 2.75) is 75.7 Å². The molecule has 4 aliphatic rings. The fraction of sp³-hybridized carbons (Fsp3) is 0.667. The highest BCUT2D eigenvalue weighted by atomic mass is 35.5. The molecule has 1 aromatic rings. The quantitative estimate of drug-likeness (QED) is 0.557. The number of esters is 2. The van der Waals surface area contributed by atoms with Gasteiger partial charge in [-0.15, -0.1) is 0 Å². The first kappa shape index (κ1) is 23.1. The molecule has 8 atom stereocenters. The molecule has 2 saturated heterocycles. The van der Waals surface area contributed by atoms with Crippen molar-refractivity contribution in [1.29, 1.82) is 0 Å². The molecule has 9 heteroatoms. The van der Waals surface area contributed by atoms with Crippen LogP contribution in [0.15, 0.2) is 24.3 Å². The molecular weight excluding hydrogens is 452 g/mol. The van der Waals surface area contributed by atoms with E-state index in [-0.39, 0.29) is 31.8 Å². The van der Waals surface area contributed by atoms with Crippen molar-refractivity contribution >= 4 is 23.5 Å². The monoisotopic (exact) mass is 480 g/mol. The summed E-state index contributed by atoms with van der Waals surface area (Å²) in [6.07, 6.45) is -2.85. The molecule has 2 aliphatic heterocycles. The standard InChI is InChI=1S/C24H29ClO8/c1-13-9-10-23(30)21(2)12-31-20(29)24(21,16-11-22(13,23)18(27)19(28)32-16)33-17(26)8-5-14-3-6-15(25)7-4-14/h3-4,6-7,13,16,18,20,27,29-30H,5,8-12H2,1-2H3/t13-,16-,18+,20?,21+,22+,23+,24-/m1/s1. The van der Waals surface area contributed by atoms with Crippen molar-refractivity contribution < 1.29 is 39.1 Å². The van der Waals surface area contributed by atoms with Gasteiger partial charge in [0.1, 0.15) is 6.10 Å². The number of ether oxygens (including phenoxy) is 3. The minimum atomic E-state index is -1.79. The van der Waals surface area contributed by atoms with Crippen molar-refractivity contribution in [2.24, 2.45) is 16.7 Å². The number of benzene rings is 1. The van der Waals surface area contributed by atoms with Gasteiger partial charge in [-0.25, -0.2) is 4.79 Å². The van der Waals surface area contributed by atoms with E-state index >= 15 is 0 Å². The highest BCUT2D eigenvalue weighted by molar-refractivity contribution is 6.30. The second-order valence-corrected chi connectivity index (χ2v) is 10.7. The smallest absolute Gasteiger partial charge is 0.336 e. The van der Waals surface area contributed by atoms with Crippen LogP contribution in [-0.2, 0) is 30.2 Å². The number of halogens is 1. The van der Waals surface area contributed by atoms with E-state index < -0.39 is 52.5 Å².